The highest BCUT2D eigenvalue weighted by Gasteiger charge is 2.37. The van der Waals surface area contributed by atoms with E-state index < -0.39 is 29.4 Å². The van der Waals surface area contributed by atoms with E-state index in [2.05, 4.69) is 15.6 Å². The molecule has 2 heterocycles. The van der Waals surface area contributed by atoms with Gasteiger partial charge >= 0.3 is 6.18 Å². The number of anilines is 2. The molecular weight excluding hydrogens is 412 g/mol. The van der Waals surface area contributed by atoms with Gasteiger partial charge in [0.2, 0.25) is 5.91 Å². The number of alkyl halides is 3. The standard InChI is InChI=1S/C22H22F4N4O/c1-12-10-30(11-13(2)28-12)19-7-6-14(8-16(19)22(24,25)26)27-9-15-20-17(23)4-3-5-18(20)29-21(15)31/h3-9,12-13,15,28H,10-11H2,1-2H3,(H,29,31). The zero-order valence-corrected chi connectivity index (χ0v) is 17.0. The van der Waals surface area contributed by atoms with Gasteiger partial charge in [-0.3, -0.25) is 9.79 Å². The first kappa shape index (κ1) is 21.3. The highest BCUT2D eigenvalue weighted by Crippen LogP contribution is 2.40. The van der Waals surface area contributed by atoms with Gasteiger partial charge in [0.05, 0.1) is 11.3 Å². The average molecular weight is 434 g/mol. The van der Waals surface area contributed by atoms with E-state index >= 15 is 0 Å². The smallest absolute Gasteiger partial charge is 0.368 e. The van der Waals surface area contributed by atoms with E-state index in [-0.39, 0.29) is 29.0 Å². The molecule has 3 unspecified atom stereocenters. The van der Waals surface area contributed by atoms with E-state index in [0.29, 0.717) is 18.8 Å². The minimum atomic E-state index is -4.57. The number of carbonyl (C=O) groups excluding carboxylic acids is 1. The van der Waals surface area contributed by atoms with Crippen molar-refractivity contribution in [1.82, 2.24) is 5.32 Å². The Labute approximate surface area is 177 Å². The Hall–Kier alpha value is -2.94. The van der Waals surface area contributed by atoms with Gasteiger partial charge in [0, 0.05) is 48.3 Å². The summed E-state index contributed by atoms with van der Waals surface area (Å²) in [5.41, 5.74) is -0.153. The monoisotopic (exact) mass is 434 g/mol. The SMILES string of the molecule is CC1CN(c2ccc(N=CC3C(=O)Nc4cccc(F)c43)cc2C(F)(F)F)CC(C)N1. The van der Waals surface area contributed by atoms with E-state index in [0.717, 1.165) is 6.07 Å². The van der Waals surface area contributed by atoms with Gasteiger partial charge in [-0.15, -0.1) is 0 Å². The van der Waals surface area contributed by atoms with Gasteiger partial charge in [0.25, 0.3) is 0 Å². The van der Waals surface area contributed by atoms with Crippen LogP contribution in [-0.4, -0.2) is 37.3 Å². The van der Waals surface area contributed by atoms with Crippen LogP contribution in [0.3, 0.4) is 0 Å². The first-order valence-electron chi connectivity index (χ1n) is 9.99. The van der Waals surface area contributed by atoms with Gasteiger partial charge in [-0.2, -0.15) is 13.2 Å². The summed E-state index contributed by atoms with van der Waals surface area (Å²) in [6.45, 7) is 4.76. The molecule has 4 rings (SSSR count). The molecule has 1 saturated heterocycles. The molecule has 2 N–H and O–H groups in total. The van der Waals surface area contributed by atoms with Crippen molar-refractivity contribution in [3.05, 3.63) is 53.3 Å². The van der Waals surface area contributed by atoms with Gasteiger partial charge < -0.3 is 15.5 Å². The molecule has 0 aromatic heterocycles. The first-order valence-corrected chi connectivity index (χ1v) is 9.99. The summed E-state index contributed by atoms with van der Waals surface area (Å²) in [7, 11) is 0. The van der Waals surface area contributed by atoms with E-state index in [4.69, 9.17) is 0 Å². The number of benzene rings is 2. The Morgan fingerprint density at radius 1 is 1.13 bits per heavy atom. The fourth-order valence-electron chi connectivity index (χ4n) is 4.24. The van der Waals surface area contributed by atoms with Crippen LogP contribution in [0.2, 0.25) is 0 Å². The molecule has 0 aliphatic carbocycles. The van der Waals surface area contributed by atoms with E-state index in [9.17, 15) is 22.4 Å². The van der Waals surface area contributed by atoms with Crippen LogP contribution >= 0.6 is 0 Å². The van der Waals surface area contributed by atoms with Gasteiger partial charge in [0.1, 0.15) is 11.7 Å². The Morgan fingerprint density at radius 2 is 1.84 bits per heavy atom. The van der Waals surface area contributed by atoms with Crippen LogP contribution < -0.4 is 15.5 Å². The number of aliphatic imine (C=N–C) groups is 1. The third-order valence-corrected chi connectivity index (χ3v) is 5.46. The van der Waals surface area contributed by atoms with Gasteiger partial charge in [-0.25, -0.2) is 4.39 Å². The molecule has 1 fully saturated rings. The zero-order valence-electron chi connectivity index (χ0n) is 17.0. The van der Waals surface area contributed by atoms with E-state index in [1.54, 1.807) is 11.0 Å². The summed E-state index contributed by atoms with van der Waals surface area (Å²) in [5, 5.41) is 5.86. The van der Waals surface area contributed by atoms with Gasteiger partial charge in [-0.05, 0) is 44.2 Å². The second-order valence-electron chi connectivity index (χ2n) is 8.02. The maximum absolute atomic E-state index is 14.2. The predicted molar refractivity (Wildman–Crippen MR) is 112 cm³/mol. The molecular formula is C22H22F4N4O. The lowest BCUT2D eigenvalue weighted by Gasteiger charge is -2.38. The van der Waals surface area contributed by atoms with Crippen molar-refractivity contribution < 1.29 is 22.4 Å². The quantitative estimate of drug-likeness (QED) is 0.554. The Morgan fingerprint density at radius 3 is 2.52 bits per heavy atom. The van der Waals surface area contributed by atoms with Crippen LogP contribution in [0.1, 0.15) is 30.9 Å². The second-order valence-corrected chi connectivity index (χ2v) is 8.02. The topological polar surface area (TPSA) is 56.7 Å². The summed E-state index contributed by atoms with van der Waals surface area (Å²) < 4.78 is 55.6. The summed E-state index contributed by atoms with van der Waals surface area (Å²) in [5.74, 6) is -2.04. The molecule has 2 aliphatic rings. The molecule has 164 valence electrons. The lowest BCUT2D eigenvalue weighted by molar-refractivity contribution is -0.137. The van der Waals surface area contributed by atoms with Crippen molar-refractivity contribution in [2.45, 2.75) is 38.0 Å². The maximum atomic E-state index is 14.2. The number of rotatable bonds is 3. The molecule has 31 heavy (non-hydrogen) atoms. The van der Waals surface area contributed by atoms with Crippen LogP contribution in [-0.2, 0) is 11.0 Å². The van der Waals surface area contributed by atoms with Crippen molar-refractivity contribution in [3.8, 4) is 0 Å². The molecule has 1 amide bonds. The van der Waals surface area contributed by atoms with E-state index in [1.807, 2.05) is 13.8 Å². The fraction of sp³-hybridized carbons (Fsp3) is 0.364. The highest BCUT2D eigenvalue weighted by atomic mass is 19.4. The van der Waals surface area contributed by atoms with Crippen LogP contribution in [0.5, 0.6) is 0 Å². The number of amides is 1. The Balaban J connectivity index is 1.66. The van der Waals surface area contributed by atoms with E-state index in [1.165, 1.54) is 30.5 Å². The largest absolute Gasteiger partial charge is 0.418 e. The number of hydrogen-bond acceptors (Lipinski definition) is 4. The van der Waals surface area contributed by atoms with Crippen molar-refractivity contribution in [2.75, 3.05) is 23.3 Å². The minimum Gasteiger partial charge on any atom is -0.368 e. The van der Waals surface area contributed by atoms with Crippen molar-refractivity contribution in [3.63, 3.8) is 0 Å². The molecule has 2 aliphatic heterocycles. The number of nitrogens with zero attached hydrogens (tertiary/aromatic N) is 2. The van der Waals surface area contributed by atoms with Crippen LogP contribution in [0.15, 0.2) is 41.4 Å². The van der Waals surface area contributed by atoms with Crippen LogP contribution in [0, 0.1) is 5.82 Å². The summed E-state index contributed by atoms with van der Waals surface area (Å²) in [4.78, 5) is 18.0. The lowest BCUT2D eigenvalue weighted by Crippen LogP contribution is -2.54. The summed E-state index contributed by atoms with van der Waals surface area (Å²) >= 11 is 0. The third-order valence-electron chi connectivity index (χ3n) is 5.46. The van der Waals surface area contributed by atoms with Crippen molar-refractivity contribution >= 4 is 29.2 Å². The molecule has 5 nitrogen and oxygen atoms in total. The third kappa shape index (κ3) is 4.27. The van der Waals surface area contributed by atoms with Gasteiger partial charge in [-0.1, -0.05) is 6.07 Å². The second kappa shape index (κ2) is 7.96. The average Bonchev–Trinajstić information content (AvgIpc) is 3.01. The molecule has 0 radical (unpaired) electrons. The molecule has 0 bridgehead atoms. The summed E-state index contributed by atoms with van der Waals surface area (Å²) in [6.07, 6.45) is -3.38. The predicted octanol–water partition coefficient (Wildman–Crippen LogP) is 4.47. The number of hydrogen-bond donors (Lipinski definition) is 2. The zero-order chi connectivity index (χ0) is 22.3. The molecule has 9 heteroatoms. The van der Waals surface area contributed by atoms with Crippen molar-refractivity contribution in [2.24, 2.45) is 4.99 Å². The fourth-order valence-corrected chi connectivity index (χ4v) is 4.24. The summed E-state index contributed by atoms with van der Waals surface area (Å²) in [6, 6.07) is 8.23. The minimum absolute atomic E-state index is 0.0462. The Kier molecular flexibility index (Phi) is 5.47. The Bertz CT molecular complexity index is 1030. The van der Waals surface area contributed by atoms with Crippen LogP contribution in [0.25, 0.3) is 0 Å². The number of piperazine rings is 1. The first-order chi connectivity index (χ1) is 14.6. The molecule has 3 atom stereocenters. The lowest BCUT2D eigenvalue weighted by atomic mass is 10.0. The van der Waals surface area contributed by atoms with Crippen LogP contribution in [0.4, 0.5) is 34.6 Å². The van der Waals surface area contributed by atoms with Gasteiger partial charge in [0.15, 0.2) is 0 Å². The number of nitrogens with one attached hydrogen (secondary N) is 2. The molecule has 2 aromatic carbocycles. The molecule has 0 saturated carbocycles. The van der Waals surface area contributed by atoms with Crippen molar-refractivity contribution in [1.29, 1.82) is 0 Å². The number of halogens is 4. The molecule has 2 aromatic rings. The molecule has 0 spiro atoms. The highest BCUT2D eigenvalue weighted by molar-refractivity contribution is 6.12. The maximum Gasteiger partial charge on any atom is 0.418 e. The normalized spacial score (nSPS) is 23.9. The number of carbonyl (C=O) groups is 1. The number of fused-ring (bicyclic) bond motifs is 1.